The van der Waals surface area contributed by atoms with Gasteiger partial charge < -0.3 is 10.4 Å². The summed E-state index contributed by atoms with van der Waals surface area (Å²) >= 11 is 0. The van der Waals surface area contributed by atoms with Gasteiger partial charge in [0.2, 0.25) is 5.91 Å². The number of rotatable bonds is 6. The Morgan fingerprint density at radius 1 is 1.10 bits per heavy atom. The molecule has 0 bridgehead atoms. The van der Waals surface area contributed by atoms with Gasteiger partial charge in [-0.25, -0.2) is 0 Å². The number of carboxylic acids is 1. The third-order valence-electron chi connectivity index (χ3n) is 3.96. The van der Waals surface area contributed by atoms with Crippen LogP contribution in [0.3, 0.4) is 0 Å². The van der Waals surface area contributed by atoms with Crippen LogP contribution in [0.15, 0.2) is 24.3 Å². The van der Waals surface area contributed by atoms with Gasteiger partial charge in [0, 0.05) is 6.54 Å². The molecule has 0 spiro atoms. The first-order chi connectivity index (χ1) is 9.57. The molecular weight excluding hydrogens is 266 g/mol. The third kappa shape index (κ3) is 4.31. The zero-order valence-corrected chi connectivity index (χ0v) is 13.5. The molecule has 0 saturated heterocycles. The molecule has 1 rings (SSSR count). The maximum Gasteiger partial charge on any atom is 0.309 e. The van der Waals surface area contributed by atoms with E-state index in [-0.39, 0.29) is 5.91 Å². The van der Waals surface area contributed by atoms with E-state index in [0.29, 0.717) is 13.0 Å². The molecule has 0 radical (unpaired) electrons. The lowest BCUT2D eigenvalue weighted by Crippen LogP contribution is -2.42. The number of amides is 1. The first kappa shape index (κ1) is 17.2. The van der Waals surface area contributed by atoms with Gasteiger partial charge in [-0.15, -0.1) is 0 Å². The molecule has 0 atom stereocenters. The highest BCUT2D eigenvalue weighted by Gasteiger charge is 2.31. The quantitative estimate of drug-likeness (QED) is 0.847. The molecular formula is C17H25NO3. The monoisotopic (exact) mass is 291 g/mol. The van der Waals surface area contributed by atoms with E-state index < -0.39 is 16.8 Å². The van der Waals surface area contributed by atoms with E-state index in [1.54, 1.807) is 13.8 Å². The van der Waals surface area contributed by atoms with Crippen LogP contribution in [0.25, 0.3) is 0 Å². The van der Waals surface area contributed by atoms with Gasteiger partial charge in [-0.3, -0.25) is 9.59 Å². The van der Waals surface area contributed by atoms with Crippen molar-refractivity contribution in [2.24, 2.45) is 5.41 Å². The second kappa shape index (κ2) is 6.29. The molecule has 1 amide bonds. The summed E-state index contributed by atoms with van der Waals surface area (Å²) in [6.07, 6.45) is 0.401. The van der Waals surface area contributed by atoms with Crippen LogP contribution in [0, 0.1) is 12.3 Å². The van der Waals surface area contributed by atoms with Crippen molar-refractivity contribution in [2.45, 2.75) is 46.5 Å². The van der Waals surface area contributed by atoms with Gasteiger partial charge >= 0.3 is 5.97 Å². The number of carboxylic acid groups (broad SMARTS) is 1. The van der Waals surface area contributed by atoms with Crippen molar-refractivity contribution in [1.82, 2.24) is 5.32 Å². The van der Waals surface area contributed by atoms with E-state index in [1.807, 2.05) is 45.0 Å². The first-order valence-corrected chi connectivity index (χ1v) is 7.16. The summed E-state index contributed by atoms with van der Waals surface area (Å²) in [7, 11) is 0. The van der Waals surface area contributed by atoms with Gasteiger partial charge in [-0.05, 0) is 46.6 Å². The fourth-order valence-corrected chi connectivity index (χ4v) is 1.92. The molecule has 0 aliphatic rings. The molecule has 0 aliphatic heterocycles. The Kier molecular flexibility index (Phi) is 5.15. The fraction of sp³-hybridized carbons (Fsp3) is 0.529. The molecule has 0 unspecified atom stereocenters. The van der Waals surface area contributed by atoms with Crippen molar-refractivity contribution in [1.29, 1.82) is 0 Å². The van der Waals surface area contributed by atoms with Crippen LogP contribution in [0.2, 0.25) is 0 Å². The second-order valence-corrected chi connectivity index (χ2v) is 6.69. The lowest BCUT2D eigenvalue weighted by Gasteiger charge is -2.26. The molecule has 1 aromatic carbocycles. The van der Waals surface area contributed by atoms with Crippen LogP contribution in [-0.4, -0.2) is 23.5 Å². The number of nitrogens with one attached hydrogen (secondary N) is 1. The maximum absolute atomic E-state index is 12.3. The summed E-state index contributed by atoms with van der Waals surface area (Å²) in [4.78, 5) is 23.4. The zero-order valence-electron chi connectivity index (χ0n) is 13.5. The maximum atomic E-state index is 12.3. The van der Waals surface area contributed by atoms with Crippen LogP contribution < -0.4 is 5.32 Å². The molecule has 4 nitrogen and oxygen atoms in total. The van der Waals surface area contributed by atoms with Gasteiger partial charge in [0.15, 0.2) is 0 Å². The zero-order chi connectivity index (χ0) is 16.3. The number of carbonyl (C=O) groups excluding carboxylic acids is 1. The van der Waals surface area contributed by atoms with Crippen molar-refractivity contribution in [2.75, 3.05) is 6.54 Å². The number of hydrogen-bond acceptors (Lipinski definition) is 2. The SMILES string of the molecule is Cc1ccc(C(C)(C)C(=O)NCCC(C)(C)C(=O)O)cc1. The van der Waals surface area contributed by atoms with Gasteiger partial charge in [0.05, 0.1) is 10.8 Å². The van der Waals surface area contributed by atoms with Crippen LogP contribution in [0.5, 0.6) is 0 Å². The summed E-state index contributed by atoms with van der Waals surface area (Å²) in [6, 6.07) is 7.88. The Morgan fingerprint density at radius 3 is 2.10 bits per heavy atom. The molecule has 116 valence electrons. The lowest BCUT2D eigenvalue weighted by atomic mass is 9.83. The van der Waals surface area contributed by atoms with Gasteiger partial charge in [-0.1, -0.05) is 29.8 Å². The van der Waals surface area contributed by atoms with Crippen molar-refractivity contribution in [3.63, 3.8) is 0 Å². The highest BCUT2D eigenvalue weighted by Crippen LogP contribution is 2.24. The lowest BCUT2D eigenvalue weighted by molar-refractivity contribution is -0.147. The van der Waals surface area contributed by atoms with E-state index in [4.69, 9.17) is 5.11 Å². The van der Waals surface area contributed by atoms with Crippen molar-refractivity contribution >= 4 is 11.9 Å². The minimum Gasteiger partial charge on any atom is -0.481 e. The van der Waals surface area contributed by atoms with Crippen molar-refractivity contribution in [3.8, 4) is 0 Å². The normalized spacial score (nSPS) is 12.0. The number of carbonyl (C=O) groups is 2. The van der Waals surface area contributed by atoms with Crippen LogP contribution in [-0.2, 0) is 15.0 Å². The first-order valence-electron chi connectivity index (χ1n) is 7.16. The minimum absolute atomic E-state index is 0.0902. The standard InChI is InChI=1S/C17H25NO3/c1-12-6-8-13(9-7-12)17(4,5)14(19)18-11-10-16(2,3)15(20)21/h6-9H,10-11H2,1-5H3,(H,18,19)(H,20,21). The summed E-state index contributed by atoms with van der Waals surface area (Å²) in [5.74, 6) is -0.943. The Hall–Kier alpha value is -1.84. The molecule has 2 N–H and O–H groups in total. The van der Waals surface area contributed by atoms with E-state index in [0.717, 1.165) is 11.1 Å². The Balaban J connectivity index is 2.66. The van der Waals surface area contributed by atoms with Crippen LogP contribution in [0.1, 0.15) is 45.2 Å². The van der Waals surface area contributed by atoms with E-state index in [9.17, 15) is 9.59 Å². The fourth-order valence-electron chi connectivity index (χ4n) is 1.92. The van der Waals surface area contributed by atoms with Crippen molar-refractivity contribution in [3.05, 3.63) is 35.4 Å². The summed E-state index contributed by atoms with van der Waals surface area (Å²) in [6.45, 7) is 9.42. The average molecular weight is 291 g/mol. The van der Waals surface area contributed by atoms with Crippen molar-refractivity contribution < 1.29 is 14.7 Å². The average Bonchev–Trinajstić information content (AvgIpc) is 2.38. The highest BCUT2D eigenvalue weighted by molar-refractivity contribution is 5.87. The topological polar surface area (TPSA) is 66.4 Å². The molecule has 0 aliphatic carbocycles. The van der Waals surface area contributed by atoms with Gasteiger partial charge in [0.1, 0.15) is 0 Å². The smallest absolute Gasteiger partial charge is 0.309 e. The molecule has 0 heterocycles. The van der Waals surface area contributed by atoms with Crippen LogP contribution >= 0.6 is 0 Å². The van der Waals surface area contributed by atoms with Gasteiger partial charge in [-0.2, -0.15) is 0 Å². The van der Waals surface area contributed by atoms with Crippen LogP contribution in [0.4, 0.5) is 0 Å². The molecule has 0 aromatic heterocycles. The highest BCUT2D eigenvalue weighted by atomic mass is 16.4. The molecule has 4 heteroatoms. The number of aliphatic carboxylic acids is 1. The Morgan fingerprint density at radius 2 is 1.62 bits per heavy atom. The van der Waals surface area contributed by atoms with E-state index in [2.05, 4.69) is 5.32 Å². The minimum atomic E-state index is -0.852. The van der Waals surface area contributed by atoms with Gasteiger partial charge in [0.25, 0.3) is 0 Å². The number of hydrogen-bond donors (Lipinski definition) is 2. The second-order valence-electron chi connectivity index (χ2n) is 6.69. The summed E-state index contributed by atoms with van der Waals surface area (Å²) in [5.41, 5.74) is 0.628. The summed E-state index contributed by atoms with van der Waals surface area (Å²) < 4.78 is 0. The summed E-state index contributed by atoms with van der Waals surface area (Å²) in [5, 5.41) is 11.9. The molecule has 0 saturated carbocycles. The number of benzene rings is 1. The molecule has 21 heavy (non-hydrogen) atoms. The predicted octanol–water partition coefficient (Wildman–Crippen LogP) is 2.89. The molecule has 0 fully saturated rings. The third-order valence-corrected chi connectivity index (χ3v) is 3.96. The molecule has 1 aromatic rings. The number of aryl methyl sites for hydroxylation is 1. The van der Waals surface area contributed by atoms with E-state index in [1.165, 1.54) is 0 Å². The Labute approximate surface area is 126 Å². The largest absolute Gasteiger partial charge is 0.481 e. The van der Waals surface area contributed by atoms with E-state index >= 15 is 0 Å². The predicted molar refractivity (Wildman–Crippen MR) is 83.2 cm³/mol. The Bertz CT molecular complexity index is 515.